The lowest BCUT2D eigenvalue weighted by Crippen LogP contribution is -2.39. The van der Waals surface area contributed by atoms with Crippen molar-refractivity contribution in [3.8, 4) is 11.3 Å². The molecule has 0 bridgehead atoms. The molecule has 2 aromatic carbocycles. The van der Waals surface area contributed by atoms with Gasteiger partial charge in [0.15, 0.2) is 11.7 Å². The van der Waals surface area contributed by atoms with E-state index >= 15 is 0 Å². The molecule has 1 aromatic heterocycles. The van der Waals surface area contributed by atoms with Crippen LogP contribution in [0.25, 0.3) is 11.3 Å². The van der Waals surface area contributed by atoms with Crippen molar-refractivity contribution in [3.63, 3.8) is 0 Å². The van der Waals surface area contributed by atoms with Gasteiger partial charge in [-0.1, -0.05) is 24.3 Å². The molecule has 1 aliphatic rings. The molecule has 2 heterocycles. The molecule has 166 valence electrons. The van der Waals surface area contributed by atoms with Gasteiger partial charge in [-0.3, -0.25) is 14.5 Å². The van der Waals surface area contributed by atoms with E-state index < -0.39 is 0 Å². The molecule has 1 aliphatic heterocycles. The number of oxazole rings is 1. The Labute approximate surface area is 185 Å². The number of aryl methyl sites for hydroxylation is 1. The number of nitrogens with one attached hydrogen (secondary N) is 1. The lowest BCUT2D eigenvalue weighted by atomic mass is 10.1. The molecule has 1 atom stereocenters. The maximum atomic E-state index is 13.9. The summed E-state index contributed by atoms with van der Waals surface area (Å²) in [6.45, 7) is 1.43. The molecule has 3 aromatic rings. The summed E-state index contributed by atoms with van der Waals surface area (Å²) in [6.07, 6.45) is 3.67. The van der Waals surface area contributed by atoms with Crippen LogP contribution in [-0.2, 0) is 22.6 Å². The van der Waals surface area contributed by atoms with Gasteiger partial charge in [-0.05, 0) is 49.2 Å². The zero-order valence-electron chi connectivity index (χ0n) is 17.6. The van der Waals surface area contributed by atoms with Crippen LogP contribution in [0.2, 0.25) is 0 Å². The second-order valence-electron chi connectivity index (χ2n) is 7.88. The van der Waals surface area contributed by atoms with Crippen molar-refractivity contribution in [2.24, 2.45) is 5.73 Å². The van der Waals surface area contributed by atoms with Gasteiger partial charge in [-0.2, -0.15) is 0 Å². The molecule has 1 unspecified atom stereocenters. The van der Waals surface area contributed by atoms with Gasteiger partial charge in [0.25, 0.3) is 0 Å². The van der Waals surface area contributed by atoms with Crippen molar-refractivity contribution in [2.75, 3.05) is 11.9 Å². The monoisotopic (exact) mass is 436 g/mol. The normalized spacial score (nSPS) is 16.2. The number of benzene rings is 2. The quantitative estimate of drug-likeness (QED) is 0.563. The summed E-state index contributed by atoms with van der Waals surface area (Å²) in [6, 6.07) is 13.6. The van der Waals surface area contributed by atoms with E-state index in [9.17, 15) is 14.0 Å². The van der Waals surface area contributed by atoms with E-state index in [-0.39, 0.29) is 30.1 Å². The Morgan fingerprint density at radius 1 is 1.22 bits per heavy atom. The van der Waals surface area contributed by atoms with Crippen molar-refractivity contribution < 1.29 is 18.4 Å². The number of rotatable bonds is 8. The zero-order chi connectivity index (χ0) is 22.5. The molecule has 3 N–H and O–H groups in total. The van der Waals surface area contributed by atoms with E-state index in [1.807, 2.05) is 24.3 Å². The Balaban J connectivity index is 1.32. The van der Waals surface area contributed by atoms with Gasteiger partial charge in [0, 0.05) is 25.1 Å². The first-order chi connectivity index (χ1) is 15.5. The number of carbonyl (C=O) groups is 2. The number of primary amides is 1. The second-order valence-corrected chi connectivity index (χ2v) is 7.88. The number of nitrogens with two attached hydrogens (primary N) is 1. The molecule has 0 spiro atoms. The van der Waals surface area contributed by atoms with Crippen molar-refractivity contribution in [1.82, 2.24) is 9.88 Å². The van der Waals surface area contributed by atoms with Crippen LogP contribution in [0.15, 0.2) is 59.1 Å². The first-order valence-corrected chi connectivity index (χ1v) is 10.6. The standard InChI is InChI=1S/C24H25FN4O3/c25-19-8-2-1-7-18(19)21-14-27-23(32-21)11-10-22(30)28-17-6-3-5-16(13-17)15-29-12-4-9-20(29)24(26)31/h1-3,5-8,13-14,20H,4,9-12,15H2,(H2,26,31)(H,28,30). The van der Waals surface area contributed by atoms with Crippen LogP contribution in [0.5, 0.6) is 0 Å². The first kappa shape index (κ1) is 21.7. The zero-order valence-corrected chi connectivity index (χ0v) is 17.6. The molecule has 1 saturated heterocycles. The van der Waals surface area contributed by atoms with E-state index in [2.05, 4.69) is 15.2 Å². The summed E-state index contributed by atoms with van der Waals surface area (Å²) in [7, 11) is 0. The van der Waals surface area contributed by atoms with Gasteiger partial charge in [0.1, 0.15) is 5.82 Å². The fourth-order valence-electron chi connectivity index (χ4n) is 3.97. The van der Waals surface area contributed by atoms with E-state index in [0.717, 1.165) is 24.9 Å². The summed E-state index contributed by atoms with van der Waals surface area (Å²) in [5.41, 5.74) is 7.51. The number of carbonyl (C=O) groups excluding carboxylic acids is 2. The van der Waals surface area contributed by atoms with Crippen molar-refractivity contribution in [1.29, 1.82) is 0 Å². The Morgan fingerprint density at radius 2 is 2.06 bits per heavy atom. The Kier molecular flexibility index (Phi) is 6.61. The highest BCUT2D eigenvalue weighted by Crippen LogP contribution is 2.24. The minimum Gasteiger partial charge on any atom is -0.441 e. The number of halogens is 1. The third kappa shape index (κ3) is 5.20. The fraction of sp³-hybridized carbons (Fsp3) is 0.292. The topological polar surface area (TPSA) is 101 Å². The summed E-state index contributed by atoms with van der Waals surface area (Å²) in [5, 5.41) is 2.88. The lowest BCUT2D eigenvalue weighted by molar-refractivity contribution is -0.122. The van der Waals surface area contributed by atoms with Crippen LogP contribution in [0.3, 0.4) is 0 Å². The highest BCUT2D eigenvalue weighted by atomic mass is 19.1. The molecule has 0 radical (unpaired) electrons. The number of nitrogens with zero attached hydrogens (tertiary/aromatic N) is 2. The predicted molar refractivity (Wildman–Crippen MR) is 118 cm³/mol. The lowest BCUT2D eigenvalue weighted by Gasteiger charge is -2.22. The maximum absolute atomic E-state index is 13.9. The molecule has 0 saturated carbocycles. The van der Waals surface area contributed by atoms with Gasteiger partial charge in [-0.15, -0.1) is 0 Å². The molecular weight excluding hydrogens is 411 g/mol. The number of aromatic nitrogens is 1. The van der Waals surface area contributed by atoms with Crippen LogP contribution in [0.1, 0.15) is 30.7 Å². The Hall–Kier alpha value is -3.52. The number of amides is 2. The third-order valence-electron chi connectivity index (χ3n) is 5.55. The maximum Gasteiger partial charge on any atom is 0.234 e. The number of likely N-dealkylation sites (tertiary alicyclic amines) is 1. The van der Waals surface area contributed by atoms with Crippen LogP contribution >= 0.6 is 0 Å². The molecule has 8 heteroatoms. The van der Waals surface area contributed by atoms with E-state index in [1.54, 1.807) is 18.2 Å². The third-order valence-corrected chi connectivity index (χ3v) is 5.55. The van der Waals surface area contributed by atoms with Gasteiger partial charge < -0.3 is 15.5 Å². The van der Waals surface area contributed by atoms with Crippen molar-refractivity contribution >= 4 is 17.5 Å². The van der Waals surface area contributed by atoms with Gasteiger partial charge >= 0.3 is 0 Å². The van der Waals surface area contributed by atoms with Crippen LogP contribution in [0, 0.1) is 5.82 Å². The minimum atomic E-state index is -0.385. The molecule has 4 rings (SSSR count). The highest BCUT2D eigenvalue weighted by molar-refractivity contribution is 5.90. The van der Waals surface area contributed by atoms with Gasteiger partial charge in [-0.25, -0.2) is 9.37 Å². The van der Waals surface area contributed by atoms with E-state index in [1.165, 1.54) is 12.3 Å². The number of hydrogen-bond acceptors (Lipinski definition) is 5. The largest absolute Gasteiger partial charge is 0.441 e. The van der Waals surface area contributed by atoms with Crippen molar-refractivity contribution in [3.05, 3.63) is 72.0 Å². The molecular formula is C24H25FN4O3. The molecule has 0 aliphatic carbocycles. The average Bonchev–Trinajstić information content (AvgIpc) is 3.43. The number of anilines is 1. The summed E-state index contributed by atoms with van der Waals surface area (Å²) < 4.78 is 19.5. The van der Waals surface area contributed by atoms with Crippen LogP contribution in [-0.4, -0.2) is 34.3 Å². The Morgan fingerprint density at radius 3 is 2.88 bits per heavy atom. The first-order valence-electron chi connectivity index (χ1n) is 10.6. The number of hydrogen-bond donors (Lipinski definition) is 2. The molecule has 1 fully saturated rings. The smallest absolute Gasteiger partial charge is 0.234 e. The van der Waals surface area contributed by atoms with Gasteiger partial charge in [0.2, 0.25) is 11.8 Å². The summed E-state index contributed by atoms with van der Waals surface area (Å²) in [5.74, 6) is -0.148. The van der Waals surface area contributed by atoms with E-state index in [4.69, 9.17) is 10.2 Å². The fourth-order valence-corrected chi connectivity index (χ4v) is 3.97. The van der Waals surface area contributed by atoms with E-state index in [0.29, 0.717) is 35.9 Å². The minimum absolute atomic E-state index is 0.177. The van der Waals surface area contributed by atoms with Gasteiger partial charge in [0.05, 0.1) is 17.8 Å². The molecule has 2 amide bonds. The molecule has 32 heavy (non-hydrogen) atoms. The average molecular weight is 436 g/mol. The highest BCUT2D eigenvalue weighted by Gasteiger charge is 2.28. The predicted octanol–water partition coefficient (Wildman–Crippen LogP) is 3.50. The van der Waals surface area contributed by atoms with Crippen LogP contribution < -0.4 is 11.1 Å². The van der Waals surface area contributed by atoms with Crippen molar-refractivity contribution in [2.45, 2.75) is 38.3 Å². The SMILES string of the molecule is NC(=O)C1CCCN1Cc1cccc(NC(=O)CCc2ncc(-c3ccccc3F)o2)c1. The second kappa shape index (κ2) is 9.74. The van der Waals surface area contributed by atoms with Crippen LogP contribution in [0.4, 0.5) is 10.1 Å². The molecule has 7 nitrogen and oxygen atoms in total. The summed E-state index contributed by atoms with van der Waals surface area (Å²) in [4.78, 5) is 30.2. The Bertz CT molecular complexity index is 1110. The summed E-state index contributed by atoms with van der Waals surface area (Å²) >= 11 is 0.